The van der Waals surface area contributed by atoms with Crippen LogP contribution in [0.4, 0.5) is 22.9 Å². The maximum Gasteiger partial charge on any atom is 0.260 e. The van der Waals surface area contributed by atoms with E-state index in [2.05, 4.69) is 35.5 Å². The Labute approximate surface area is 199 Å². The third-order valence-electron chi connectivity index (χ3n) is 5.10. The smallest absolute Gasteiger partial charge is 0.260 e. The molecule has 0 aliphatic rings. The summed E-state index contributed by atoms with van der Waals surface area (Å²) in [5.41, 5.74) is 0.829. The van der Waals surface area contributed by atoms with Crippen LogP contribution in [0.25, 0.3) is 21.6 Å². The summed E-state index contributed by atoms with van der Waals surface area (Å²) >= 11 is 0. The summed E-state index contributed by atoms with van der Waals surface area (Å²) < 4.78 is 1.28. The minimum atomic E-state index is -0.494. The number of carbonyl (C=O) groups excluding carboxylic acids is 1. The first-order valence-electron chi connectivity index (χ1n) is 10.4. The highest BCUT2D eigenvalue weighted by molar-refractivity contribution is 6.16. The number of azo groups is 1. The molecular formula is C25H16N8O2. The summed E-state index contributed by atoms with van der Waals surface area (Å²) in [7, 11) is 0. The molecule has 0 saturated heterocycles. The van der Waals surface area contributed by atoms with E-state index in [0.717, 1.165) is 0 Å². The van der Waals surface area contributed by atoms with Crippen molar-refractivity contribution in [3.8, 4) is 11.7 Å². The van der Waals surface area contributed by atoms with Crippen molar-refractivity contribution in [2.24, 2.45) is 10.2 Å². The van der Waals surface area contributed by atoms with Crippen LogP contribution in [0.2, 0.25) is 0 Å². The van der Waals surface area contributed by atoms with Crippen LogP contribution in [0.1, 0.15) is 10.4 Å². The molecule has 2 aromatic heterocycles. The van der Waals surface area contributed by atoms with Gasteiger partial charge in [0, 0.05) is 18.1 Å². The van der Waals surface area contributed by atoms with Gasteiger partial charge in [0.25, 0.3) is 17.5 Å². The second-order valence-corrected chi connectivity index (χ2v) is 7.29. The fraction of sp³-hybridized carbons (Fsp3) is 0. The molecule has 0 saturated carbocycles. The largest absolute Gasteiger partial charge is 0.505 e. The molecule has 5 rings (SSSR count). The number of anilines is 1. The van der Waals surface area contributed by atoms with Crippen molar-refractivity contribution < 1.29 is 9.90 Å². The Hall–Kier alpha value is -5.43. The number of amides is 1. The van der Waals surface area contributed by atoms with E-state index in [0.29, 0.717) is 16.5 Å². The van der Waals surface area contributed by atoms with Crippen molar-refractivity contribution in [3.63, 3.8) is 0 Å². The summed E-state index contributed by atoms with van der Waals surface area (Å²) in [6.07, 6.45) is 4.40. The number of phenolic OH excluding ortho intramolecular Hbond substituents is 1. The molecule has 0 spiro atoms. The van der Waals surface area contributed by atoms with Crippen LogP contribution in [0.3, 0.4) is 0 Å². The minimum absolute atomic E-state index is 0.0552. The first-order chi connectivity index (χ1) is 17.2. The van der Waals surface area contributed by atoms with Gasteiger partial charge in [-0.05, 0) is 35.0 Å². The lowest BCUT2D eigenvalue weighted by Gasteiger charge is -2.12. The number of rotatable bonds is 5. The van der Waals surface area contributed by atoms with Crippen LogP contribution in [-0.4, -0.2) is 30.8 Å². The van der Waals surface area contributed by atoms with Gasteiger partial charge >= 0.3 is 0 Å². The summed E-state index contributed by atoms with van der Waals surface area (Å²) in [5, 5.41) is 27.6. The van der Waals surface area contributed by atoms with Crippen LogP contribution in [0.15, 0.2) is 95.5 Å². The van der Waals surface area contributed by atoms with Crippen LogP contribution in [0, 0.1) is 6.57 Å². The molecule has 0 bridgehead atoms. The second-order valence-electron chi connectivity index (χ2n) is 7.29. The lowest BCUT2D eigenvalue weighted by atomic mass is 10.0. The quantitative estimate of drug-likeness (QED) is 0.256. The molecule has 0 fully saturated rings. The molecule has 3 aromatic carbocycles. The standard InChI is InChI=1S/C25H16N8O2/c1-26-20-15-29-33(25-27-12-7-13-28-25)23(20)32-31-19-14-16-8-5-6-11-18(16)21(22(19)34)24(35)30-17-9-3-2-4-10-17/h2-15,34H,(H,30,35). The number of carbonyl (C=O) groups is 1. The zero-order valence-electron chi connectivity index (χ0n) is 18.1. The summed E-state index contributed by atoms with van der Waals surface area (Å²) in [4.78, 5) is 24.8. The lowest BCUT2D eigenvalue weighted by molar-refractivity contribution is 0.102. The highest BCUT2D eigenvalue weighted by atomic mass is 16.3. The third-order valence-corrected chi connectivity index (χ3v) is 5.10. The number of hydrogen-bond acceptors (Lipinski definition) is 7. The molecule has 5 aromatic rings. The molecule has 35 heavy (non-hydrogen) atoms. The topological polar surface area (TPSA) is 122 Å². The number of aromatic hydroxyl groups is 1. The number of para-hydroxylation sites is 1. The second kappa shape index (κ2) is 9.21. The molecule has 168 valence electrons. The van der Waals surface area contributed by atoms with Gasteiger partial charge < -0.3 is 10.4 Å². The molecular weight excluding hydrogens is 444 g/mol. The van der Waals surface area contributed by atoms with Crippen molar-refractivity contribution in [2.75, 3.05) is 5.32 Å². The van der Waals surface area contributed by atoms with Crippen LogP contribution >= 0.6 is 0 Å². The molecule has 10 heteroatoms. The molecule has 0 unspecified atom stereocenters. The highest BCUT2D eigenvalue weighted by Gasteiger charge is 2.20. The van der Waals surface area contributed by atoms with E-state index >= 15 is 0 Å². The number of aromatic nitrogens is 4. The van der Waals surface area contributed by atoms with Gasteiger partial charge in [-0.15, -0.1) is 10.2 Å². The third kappa shape index (κ3) is 4.17. The van der Waals surface area contributed by atoms with E-state index in [1.807, 2.05) is 12.1 Å². The molecule has 0 aliphatic carbocycles. The molecule has 0 aliphatic heterocycles. The van der Waals surface area contributed by atoms with Crippen molar-refractivity contribution in [1.29, 1.82) is 0 Å². The maximum atomic E-state index is 13.2. The van der Waals surface area contributed by atoms with E-state index in [9.17, 15) is 9.90 Å². The van der Waals surface area contributed by atoms with E-state index in [-0.39, 0.29) is 34.5 Å². The zero-order valence-corrected chi connectivity index (χ0v) is 18.1. The van der Waals surface area contributed by atoms with Gasteiger partial charge in [0.1, 0.15) is 5.69 Å². The number of benzene rings is 3. The Morgan fingerprint density at radius 3 is 2.51 bits per heavy atom. The van der Waals surface area contributed by atoms with E-state index < -0.39 is 5.91 Å². The Morgan fingerprint density at radius 1 is 1.00 bits per heavy atom. The highest BCUT2D eigenvalue weighted by Crippen LogP contribution is 2.39. The summed E-state index contributed by atoms with van der Waals surface area (Å²) in [5.74, 6) is -0.533. The van der Waals surface area contributed by atoms with Crippen molar-refractivity contribution in [2.45, 2.75) is 0 Å². The predicted molar refractivity (Wildman–Crippen MR) is 130 cm³/mol. The Morgan fingerprint density at radius 2 is 1.74 bits per heavy atom. The number of phenols is 1. The van der Waals surface area contributed by atoms with E-state index in [4.69, 9.17) is 6.57 Å². The summed E-state index contributed by atoms with van der Waals surface area (Å²) in [6.45, 7) is 7.42. The minimum Gasteiger partial charge on any atom is -0.505 e. The monoisotopic (exact) mass is 460 g/mol. The average molecular weight is 460 g/mol. The van der Waals surface area contributed by atoms with E-state index in [1.165, 1.54) is 23.3 Å². The summed E-state index contributed by atoms with van der Waals surface area (Å²) in [6, 6.07) is 19.4. The molecule has 0 radical (unpaired) electrons. The van der Waals surface area contributed by atoms with Gasteiger partial charge in [0.15, 0.2) is 11.6 Å². The van der Waals surface area contributed by atoms with Gasteiger partial charge in [-0.1, -0.05) is 42.5 Å². The first kappa shape index (κ1) is 21.4. The Bertz CT molecular complexity index is 1610. The fourth-order valence-corrected chi connectivity index (χ4v) is 3.50. The molecule has 1 amide bonds. The predicted octanol–water partition coefficient (Wildman–Crippen LogP) is 5.74. The van der Waals surface area contributed by atoms with Gasteiger partial charge in [-0.3, -0.25) is 4.79 Å². The van der Waals surface area contributed by atoms with Crippen molar-refractivity contribution >= 4 is 39.6 Å². The SMILES string of the molecule is [C-]#[N+]c1cnn(-c2ncccn2)c1N=Nc1cc2ccccc2c(C(=O)Nc2ccccc2)c1O. The van der Waals surface area contributed by atoms with Gasteiger partial charge in [0.2, 0.25) is 0 Å². The molecule has 0 atom stereocenters. The number of nitrogens with one attached hydrogen (secondary N) is 1. The Kier molecular flexibility index (Phi) is 5.63. The molecule has 2 N–H and O–H groups in total. The van der Waals surface area contributed by atoms with Crippen molar-refractivity contribution in [3.05, 3.63) is 102 Å². The number of hydrogen-bond donors (Lipinski definition) is 2. The van der Waals surface area contributed by atoms with Crippen LogP contribution in [0.5, 0.6) is 5.75 Å². The van der Waals surface area contributed by atoms with E-state index in [1.54, 1.807) is 54.6 Å². The van der Waals surface area contributed by atoms with Crippen molar-refractivity contribution in [1.82, 2.24) is 19.7 Å². The number of fused-ring (bicyclic) bond motifs is 1. The Balaban J connectivity index is 1.60. The van der Waals surface area contributed by atoms with Crippen LogP contribution in [-0.2, 0) is 0 Å². The van der Waals surface area contributed by atoms with Gasteiger partial charge in [-0.25, -0.2) is 14.8 Å². The number of nitrogens with zero attached hydrogens (tertiary/aromatic N) is 7. The normalized spacial score (nSPS) is 10.9. The van der Waals surface area contributed by atoms with Gasteiger partial charge in [-0.2, -0.15) is 9.78 Å². The van der Waals surface area contributed by atoms with Gasteiger partial charge in [0.05, 0.1) is 18.3 Å². The van der Waals surface area contributed by atoms with Crippen LogP contribution < -0.4 is 5.32 Å². The average Bonchev–Trinajstić information content (AvgIpc) is 3.31. The maximum absolute atomic E-state index is 13.2. The lowest BCUT2D eigenvalue weighted by Crippen LogP contribution is -2.12. The molecule has 10 nitrogen and oxygen atoms in total. The fourth-order valence-electron chi connectivity index (χ4n) is 3.50. The first-order valence-corrected chi connectivity index (χ1v) is 10.4. The zero-order chi connectivity index (χ0) is 24.2. The molecule has 2 heterocycles.